The molecule has 1 aliphatic carbocycles. The van der Waals surface area contributed by atoms with Crippen molar-refractivity contribution in [3.05, 3.63) is 11.9 Å². The molecule has 0 aromatic carbocycles. The molecule has 0 bridgehead atoms. The molecule has 2 unspecified atom stereocenters. The maximum Gasteiger partial charge on any atom is 0.271 e. The van der Waals surface area contributed by atoms with Crippen molar-refractivity contribution in [2.45, 2.75) is 37.0 Å². The predicted molar refractivity (Wildman–Crippen MR) is 70.0 cm³/mol. The maximum atomic E-state index is 11.9. The van der Waals surface area contributed by atoms with Gasteiger partial charge in [-0.2, -0.15) is 16.9 Å². The van der Waals surface area contributed by atoms with Crippen LogP contribution in [0.2, 0.25) is 0 Å². The number of anilines is 1. The van der Waals surface area contributed by atoms with Crippen LogP contribution in [0.15, 0.2) is 6.20 Å². The van der Waals surface area contributed by atoms with Gasteiger partial charge < -0.3 is 11.1 Å². The van der Waals surface area contributed by atoms with Crippen LogP contribution in [0.4, 0.5) is 5.69 Å². The van der Waals surface area contributed by atoms with Crippen LogP contribution in [0, 0.1) is 0 Å². The number of rotatable bonds is 3. The number of nitrogens with two attached hydrogens (primary N) is 1. The molecule has 4 N–H and O–H groups in total. The summed E-state index contributed by atoms with van der Waals surface area (Å²) in [7, 11) is 0. The van der Waals surface area contributed by atoms with E-state index in [2.05, 4.69) is 21.8 Å². The van der Waals surface area contributed by atoms with Crippen molar-refractivity contribution < 1.29 is 4.79 Å². The fraction of sp³-hybridized carbons (Fsp3) is 0.636. The van der Waals surface area contributed by atoms with Crippen LogP contribution in [0.1, 0.15) is 36.2 Å². The molecule has 0 aliphatic heterocycles. The zero-order chi connectivity index (χ0) is 12.3. The monoisotopic (exact) mass is 254 g/mol. The van der Waals surface area contributed by atoms with E-state index >= 15 is 0 Å². The fourth-order valence-electron chi connectivity index (χ4n) is 2.23. The molecule has 94 valence electrons. The van der Waals surface area contributed by atoms with E-state index < -0.39 is 0 Å². The number of hydrogen-bond acceptors (Lipinski definition) is 4. The molecule has 0 spiro atoms. The molecule has 0 saturated heterocycles. The van der Waals surface area contributed by atoms with Crippen molar-refractivity contribution in [2.24, 2.45) is 0 Å². The largest absolute Gasteiger partial charge is 0.396 e. The number of H-pyrrole nitrogens is 1. The summed E-state index contributed by atoms with van der Waals surface area (Å²) in [5, 5.41) is 10.1. The van der Waals surface area contributed by atoms with Crippen molar-refractivity contribution in [1.82, 2.24) is 15.5 Å². The van der Waals surface area contributed by atoms with Gasteiger partial charge in [-0.05, 0) is 25.5 Å². The lowest BCUT2D eigenvalue weighted by molar-refractivity contribution is 0.0924. The molecule has 1 fully saturated rings. The minimum atomic E-state index is -0.147. The number of aromatic nitrogens is 2. The predicted octanol–water partition coefficient (Wildman–Crippen LogP) is 1.40. The van der Waals surface area contributed by atoms with E-state index in [1.807, 2.05) is 11.8 Å². The second kappa shape index (κ2) is 5.44. The molecular formula is C11H18N4OS. The van der Waals surface area contributed by atoms with Crippen LogP contribution in [0.3, 0.4) is 0 Å². The normalized spacial score (nSPS) is 24.5. The number of thioether (sulfide) groups is 1. The molecule has 1 aromatic rings. The summed E-state index contributed by atoms with van der Waals surface area (Å²) in [5.74, 6) is -0.147. The lowest BCUT2D eigenvalue weighted by atomic mass is 9.95. The summed E-state index contributed by atoms with van der Waals surface area (Å²) < 4.78 is 0. The summed E-state index contributed by atoms with van der Waals surface area (Å²) in [6, 6.07) is 0.261. The summed E-state index contributed by atoms with van der Waals surface area (Å²) in [6.07, 6.45) is 8.11. The van der Waals surface area contributed by atoms with E-state index in [0.29, 0.717) is 16.6 Å². The Kier molecular flexibility index (Phi) is 3.93. The van der Waals surface area contributed by atoms with Gasteiger partial charge in [-0.25, -0.2) is 0 Å². The third kappa shape index (κ3) is 2.94. The lowest BCUT2D eigenvalue weighted by Gasteiger charge is -2.28. The SMILES string of the molecule is CSC1CCCC(NC(=O)c2[nH]ncc2N)C1. The average Bonchev–Trinajstić information content (AvgIpc) is 2.76. The summed E-state index contributed by atoms with van der Waals surface area (Å²) in [6.45, 7) is 0. The topological polar surface area (TPSA) is 83.8 Å². The van der Waals surface area contributed by atoms with E-state index in [4.69, 9.17) is 5.73 Å². The zero-order valence-electron chi connectivity index (χ0n) is 9.90. The van der Waals surface area contributed by atoms with Crippen LogP contribution in [0.25, 0.3) is 0 Å². The Bertz CT molecular complexity index is 393. The minimum absolute atomic E-state index is 0.147. The average molecular weight is 254 g/mol. The van der Waals surface area contributed by atoms with Crippen molar-refractivity contribution >= 4 is 23.4 Å². The van der Waals surface area contributed by atoms with Gasteiger partial charge in [0.2, 0.25) is 0 Å². The van der Waals surface area contributed by atoms with Gasteiger partial charge in [-0.15, -0.1) is 0 Å². The van der Waals surface area contributed by atoms with Crippen LogP contribution in [-0.2, 0) is 0 Å². The van der Waals surface area contributed by atoms with Gasteiger partial charge in [0.25, 0.3) is 5.91 Å². The number of aromatic amines is 1. The molecule has 1 aromatic heterocycles. The number of nitrogens with zero attached hydrogens (tertiary/aromatic N) is 1. The first-order chi connectivity index (χ1) is 8.20. The first kappa shape index (κ1) is 12.3. The van der Waals surface area contributed by atoms with Gasteiger partial charge in [-0.3, -0.25) is 9.89 Å². The van der Waals surface area contributed by atoms with Crippen LogP contribution >= 0.6 is 11.8 Å². The van der Waals surface area contributed by atoms with Crippen molar-refractivity contribution in [3.63, 3.8) is 0 Å². The lowest BCUT2D eigenvalue weighted by Crippen LogP contribution is -2.39. The molecule has 1 heterocycles. The molecular weight excluding hydrogens is 236 g/mol. The Hall–Kier alpha value is -1.17. The summed E-state index contributed by atoms with van der Waals surface area (Å²) >= 11 is 1.88. The van der Waals surface area contributed by atoms with Crippen LogP contribution < -0.4 is 11.1 Å². The van der Waals surface area contributed by atoms with Gasteiger partial charge in [0.15, 0.2) is 0 Å². The van der Waals surface area contributed by atoms with E-state index in [-0.39, 0.29) is 11.9 Å². The first-order valence-corrected chi connectivity index (χ1v) is 7.12. The van der Waals surface area contributed by atoms with Gasteiger partial charge in [0.05, 0.1) is 11.9 Å². The molecule has 5 nitrogen and oxygen atoms in total. The van der Waals surface area contributed by atoms with Crippen molar-refractivity contribution in [3.8, 4) is 0 Å². The zero-order valence-corrected chi connectivity index (χ0v) is 10.7. The smallest absolute Gasteiger partial charge is 0.271 e. The minimum Gasteiger partial charge on any atom is -0.396 e. The van der Waals surface area contributed by atoms with E-state index in [9.17, 15) is 4.79 Å². The Morgan fingerprint density at radius 2 is 2.47 bits per heavy atom. The molecule has 0 radical (unpaired) electrons. The Morgan fingerprint density at radius 3 is 3.12 bits per heavy atom. The highest BCUT2D eigenvalue weighted by Crippen LogP contribution is 2.27. The van der Waals surface area contributed by atoms with Crippen molar-refractivity contribution in [2.75, 3.05) is 12.0 Å². The number of nitrogens with one attached hydrogen (secondary N) is 2. The third-order valence-corrected chi connectivity index (χ3v) is 4.29. The summed E-state index contributed by atoms with van der Waals surface area (Å²) in [4.78, 5) is 11.9. The highest BCUT2D eigenvalue weighted by Gasteiger charge is 2.23. The highest BCUT2D eigenvalue weighted by atomic mass is 32.2. The van der Waals surface area contributed by atoms with Crippen molar-refractivity contribution in [1.29, 1.82) is 0 Å². The van der Waals surface area contributed by atoms with Gasteiger partial charge >= 0.3 is 0 Å². The highest BCUT2D eigenvalue weighted by molar-refractivity contribution is 7.99. The Balaban J connectivity index is 1.93. The Labute approximate surface area is 105 Å². The number of hydrogen-bond donors (Lipinski definition) is 3. The molecule has 17 heavy (non-hydrogen) atoms. The summed E-state index contributed by atoms with van der Waals surface area (Å²) in [5.41, 5.74) is 6.42. The quantitative estimate of drug-likeness (QED) is 0.761. The maximum absolute atomic E-state index is 11.9. The molecule has 2 rings (SSSR count). The molecule has 2 atom stereocenters. The first-order valence-electron chi connectivity index (χ1n) is 5.83. The standard InChI is InChI=1S/C11H18N4OS/c1-17-8-4-2-3-7(5-8)14-11(16)10-9(12)6-13-15-10/h6-8H,2-5,12H2,1H3,(H,13,15)(H,14,16). The number of nitrogen functional groups attached to an aromatic ring is 1. The number of carbonyl (C=O) groups excluding carboxylic acids is 1. The Morgan fingerprint density at radius 1 is 1.65 bits per heavy atom. The number of carbonyl (C=O) groups is 1. The van der Waals surface area contributed by atoms with E-state index in [1.54, 1.807) is 0 Å². The molecule has 6 heteroatoms. The third-order valence-electron chi connectivity index (χ3n) is 3.19. The molecule has 1 aliphatic rings. The van der Waals surface area contributed by atoms with Gasteiger partial charge in [0, 0.05) is 11.3 Å². The second-order valence-corrected chi connectivity index (χ2v) is 5.53. The van der Waals surface area contributed by atoms with E-state index in [1.165, 1.54) is 19.0 Å². The molecule has 1 saturated carbocycles. The van der Waals surface area contributed by atoms with Gasteiger partial charge in [-0.1, -0.05) is 6.42 Å². The van der Waals surface area contributed by atoms with Crippen LogP contribution in [-0.4, -0.2) is 33.7 Å². The van der Waals surface area contributed by atoms with Crippen LogP contribution in [0.5, 0.6) is 0 Å². The van der Waals surface area contributed by atoms with E-state index in [0.717, 1.165) is 12.8 Å². The number of amides is 1. The fourth-order valence-corrected chi connectivity index (χ4v) is 3.05. The molecule has 1 amide bonds. The second-order valence-electron chi connectivity index (χ2n) is 4.40. The van der Waals surface area contributed by atoms with Gasteiger partial charge in [0.1, 0.15) is 5.69 Å².